The Morgan fingerprint density at radius 2 is 1.61 bits per heavy atom. The second-order valence-electron chi connectivity index (χ2n) is 16.0. The van der Waals surface area contributed by atoms with Gasteiger partial charge in [0.2, 0.25) is 0 Å². The van der Waals surface area contributed by atoms with Crippen LogP contribution in [0.15, 0.2) is 76.9 Å². The average molecular weight is 794 g/mol. The number of benzene rings is 2. The van der Waals surface area contributed by atoms with Gasteiger partial charge in [0.05, 0.1) is 19.0 Å². The fraction of sp³-hybridized carbons (Fsp3) is 0.452. The van der Waals surface area contributed by atoms with Gasteiger partial charge in [-0.3, -0.25) is 9.69 Å². The number of nitrogens with one attached hydrogen (secondary N) is 2. The van der Waals surface area contributed by atoms with Crippen molar-refractivity contribution < 1.29 is 23.9 Å². The molecular formula is C42H51N9O5S. The molecule has 2 aromatic carbocycles. The lowest BCUT2D eigenvalue weighted by Crippen LogP contribution is -2.54. The van der Waals surface area contributed by atoms with Crippen LogP contribution >= 0.6 is 11.8 Å². The molecule has 0 bridgehead atoms. The van der Waals surface area contributed by atoms with Crippen LogP contribution in [-0.2, 0) is 22.3 Å². The molecule has 2 saturated heterocycles. The summed E-state index contributed by atoms with van der Waals surface area (Å²) in [5.41, 5.74) is 3.20. The van der Waals surface area contributed by atoms with Crippen LogP contribution in [0.3, 0.4) is 0 Å². The summed E-state index contributed by atoms with van der Waals surface area (Å²) in [6.07, 6.45) is 6.57. The first-order chi connectivity index (χ1) is 27.3. The van der Waals surface area contributed by atoms with Crippen LogP contribution in [0.25, 0.3) is 0 Å². The van der Waals surface area contributed by atoms with E-state index in [4.69, 9.17) is 14.5 Å². The van der Waals surface area contributed by atoms with Gasteiger partial charge in [0, 0.05) is 67.0 Å². The van der Waals surface area contributed by atoms with E-state index in [1.54, 1.807) is 25.4 Å². The van der Waals surface area contributed by atoms with Crippen molar-refractivity contribution in [2.45, 2.75) is 87.4 Å². The fourth-order valence-corrected chi connectivity index (χ4v) is 8.29. The number of piperazine rings is 1. The second kappa shape index (κ2) is 17.1. The van der Waals surface area contributed by atoms with Crippen LogP contribution in [0.4, 0.5) is 22.1 Å². The van der Waals surface area contributed by atoms with E-state index in [9.17, 15) is 14.4 Å². The third kappa shape index (κ3) is 10.2. The molecule has 57 heavy (non-hydrogen) atoms. The predicted octanol–water partition coefficient (Wildman–Crippen LogP) is 6.02. The van der Waals surface area contributed by atoms with Gasteiger partial charge >= 0.3 is 12.1 Å². The molecule has 0 radical (unpaired) electrons. The highest BCUT2D eigenvalue weighted by molar-refractivity contribution is 7.99. The lowest BCUT2D eigenvalue weighted by atomic mass is 9.90. The summed E-state index contributed by atoms with van der Waals surface area (Å²) in [5.74, 6) is 0.955. The molecular weight excluding hydrogens is 743 g/mol. The molecule has 15 heteroatoms. The number of hydrogen-bond acceptors (Lipinski definition) is 13. The number of carbonyl (C=O) groups excluding carboxylic acids is 3. The Kier molecular flexibility index (Phi) is 12.0. The molecule has 2 aromatic heterocycles. The van der Waals surface area contributed by atoms with Gasteiger partial charge in [-0.25, -0.2) is 19.6 Å². The molecule has 14 nitrogen and oxygen atoms in total. The van der Waals surface area contributed by atoms with E-state index in [1.165, 1.54) is 22.9 Å². The first-order valence-electron chi connectivity index (χ1n) is 19.6. The van der Waals surface area contributed by atoms with Crippen molar-refractivity contribution in [1.82, 2.24) is 30.4 Å². The van der Waals surface area contributed by atoms with Crippen LogP contribution < -0.4 is 20.4 Å². The smallest absolute Gasteiger partial charge is 0.408 e. The lowest BCUT2D eigenvalue weighted by molar-refractivity contribution is 0.0446. The minimum absolute atomic E-state index is 0.143. The Morgan fingerprint density at radius 3 is 2.30 bits per heavy atom. The van der Waals surface area contributed by atoms with E-state index in [1.807, 2.05) is 63.2 Å². The minimum atomic E-state index is -0.539. The maximum Gasteiger partial charge on any atom is 0.408 e. The van der Waals surface area contributed by atoms with Crippen molar-refractivity contribution in [3.05, 3.63) is 89.4 Å². The molecule has 2 N–H and O–H groups in total. The zero-order valence-electron chi connectivity index (χ0n) is 33.3. The topological polar surface area (TPSA) is 155 Å². The molecule has 1 aliphatic carbocycles. The maximum absolute atomic E-state index is 13.4. The van der Waals surface area contributed by atoms with Gasteiger partial charge in [-0.2, -0.15) is 0 Å². The summed E-state index contributed by atoms with van der Waals surface area (Å²) >= 11 is 1.49. The van der Waals surface area contributed by atoms with Crippen LogP contribution in [0.5, 0.6) is 0 Å². The number of alkyl carbamates (subject to hydrolysis) is 1. The molecule has 4 aromatic rings. The predicted molar refractivity (Wildman–Crippen MR) is 219 cm³/mol. The van der Waals surface area contributed by atoms with Crippen LogP contribution in [-0.4, -0.2) is 106 Å². The molecule has 300 valence electrons. The van der Waals surface area contributed by atoms with E-state index >= 15 is 0 Å². The summed E-state index contributed by atoms with van der Waals surface area (Å²) in [6, 6.07) is 17.7. The molecule has 1 unspecified atom stereocenters. The van der Waals surface area contributed by atoms with E-state index in [0.29, 0.717) is 23.9 Å². The van der Waals surface area contributed by atoms with Gasteiger partial charge < -0.3 is 29.9 Å². The zero-order valence-corrected chi connectivity index (χ0v) is 34.1. The van der Waals surface area contributed by atoms with E-state index in [0.717, 1.165) is 86.5 Å². The Balaban J connectivity index is 0.878. The standard InChI is InChI=1S/C42H51N9O5S/c1-6-55-39(53)34-12-13-35(48-47-34)51-20-18-49(19-21-51)32-23-28-10-11-29(22-30(28)24-32)38(52)45-31-8-7-9-33(25-31)57-37-27-43-36(26-44-37)50-16-14-42(5,15-17-50)46-40(54)56-41(2,3)4/h7-13,22,25-27,32H,6,14-21,23-24H2,1-5H3,(H,45,52)(H,46,54). The zero-order chi connectivity index (χ0) is 40.2. The Morgan fingerprint density at radius 1 is 0.860 bits per heavy atom. The molecule has 7 rings (SSSR count). The first kappa shape index (κ1) is 39.9. The highest BCUT2D eigenvalue weighted by Gasteiger charge is 2.34. The average Bonchev–Trinajstić information content (AvgIpc) is 3.62. The SMILES string of the molecule is CCOC(=O)c1ccc(N2CCN(C3Cc4ccc(C(=O)Nc5cccc(Sc6cnc(N7CCC(C)(NC(=O)OC(C)(C)C)CC7)cn6)c5)cc4C3)CC2)nn1. The summed E-state index contributed by atoms with van der Waals surface area (Å²) in [4.78, 5) is 54.9. The molecule has 2 amide bonds. The van der Waals surface area contributed by atoms with E-state index < -0.39 is 11.6 Å². The third-order valence-electron chi connectivity index (χ3n) is 10.6. The number of fused-ring (bicyclic) bond motifs is 1. The Hall–Kier alpha value is -5.28. The normalized spacial score (nSPS) is 18.1. The van der Waals surface area contributed by atoms with Crippen LogP contribution in [0.2, 0.25) is 0 Å². The monoisotopic (exact) mass is 793 g/mol. The molecule has 1 atom stereocenters. The van der Waals surface area contributed by atoms with Crippen LogP contribution in [0.1, 0.15) is 79.4 Å². The quantitative estimate of drug-likeness (QED) is 0.180. The number of carbonyl (C=O) groups is 3. The minimum Gasteiger partial charge on any atom is -0.461 e. The highest BCUT2D eigenvalue weighted by atomic mass is 32.2. The molecule has 2 aliphatic heterocycles. The summed E-state index contributed by atoms with van der Waals surface area (Å²) in [7, 11) is 0. The number of rotatable bonds is 10. The number of ether oxygens (including phenoxy) is 2. The third-order valence-corrected chi connectivity index (χ3v) is 11.5. The number of anilines is 3. The lowest BCUT2D eigenvalue weighted by Gasteiger charge is -2.40. The van der Waals surface area contributed by atoms with Crippen molar-refractivity contribution in [1.29, 1.82) is 0 Å². The van der Waals surface area contributed by atoms with Gasteiger partial charge in [-0.15, -0.1) is 10.2 Å². The number of hydrogen-bond donors (Lipinski definition) is 2. The first-order valence-corrected chi connectivity index (χ1v) is 20.4. The highest BCUT2D eigenvalue weighted by Crippen LogP contribution is 2.31. The van der Waals surface area contributed by atoms with Crippen molar-refractivity contribution >= 4 is 47.1 Å². The van der Waals surface area contributed by atoms with Gasteiger partial charge in [0.15, 0.2) is 11.5 Å². The molecule has 4 heterocycles. The Labute approximate surface area is 338 Å². The summed E-state index contributed by atoms with van der Waals surface area (Å²) in [5, 5.41) is 15.2. The number of aromatic nitrogens is 4. The van der Waals surface area contributed by atoms with Gasteiger partial charge in [-0.05, 0) is 114 Å². The maximum atomic E-state index is 13.4. The number of nitrogens with zero attached hydrogens (tertiary/aromatic N) is 7. The van der Waals surface area contributed by atoms with E-state index in [2.05, 4.69) is 53.5 Å². The van der Waals surface area contributed by atoms with Crippen molar-refractivity contribution in [2.24, 2.45) is 0 Å². The van der Waals surface area contributed by atoms with Gasteiger partial charge in [-0.1, -0.05) is 23.9 Å². The van der Waals surface area contributed by atoms with E-state index in [-0.39, 0.29) is 23.2 Å². The molecule has 0 saturated carbocycles. The number of piperidine rings is 1. The van der Waals surface area contributed by atoms with Crippen molar-refractivity contribution in [3.63, 3.8) is 0 Å². The second-order valence-corrected chi connectivity index (χ2v) is 17.1. The molecule has 3 aliphatic rings. The summed E-state index contributed by atoms with van der Waals surface area (Å²) < 4.78 is 10.5. The Bertz CT molecular complexity index is 2060. The van der Waals surface area contributed by atoms with Gasteiger partial charge in [0.1, 0.15) is 16.4 Å². The number of amides is 2. The van der Waals surface area contributed by atoms with Crippen molar-refractivity contribution in [3.8, 4) is 0 Å². The van der Waals surface area contributed by atoms with Crippen molar-refractivity contribution in [2.75, 3.05) is 61.0 Å². The molecule has 0 spiro atoms. The summed E-state index contributed by atoms with van der Waals surface area (Å²) in [6.45, 7) is 14.6. The van der Waals surface area contributed by atoms with Gasteiger partial charge in [0.25, 0.3) is 5.91 Å². The fourth-order valence-electron chi connectivity index (χ4n) is 7.51. The van der Waals surface area contributed by atoms with Crippen LogP contribution in [0, 0.1) is 0 Å². The molecule has 2 fully saturated rings. The number of esters is 1. The largest absolute Gasteiger partial charge is 0.461 e.